The van der Waals surface area contributed by atoms with E-state index in [-0.39, 0.29) is 0 Å². The third kappa shape index (κ3) is 1.85. The molecule has 2 N–H and O–H groups in total. The van der Waals surface area contributed by atoms with Gasteiger partial charge in [-0.3, -0.25) is 10.1 Å². The standard InChI is InChI=1S/C7H8N2O3/c1-12-7(11)9-6(10)5-3-2-4-8-5/h2-4,8H,1H3,(H,9,10,11). The Labute approximate surface area is 68.7 Å². The lowest BCUT2D eigenvalue weighted by molar-refractivity contribution is 0.0932. The second-order valence-electron chi connectivity index (χ2n) is 2.03. The number of nitrogens with one attached hydrogen (secondary N) is 2. The van der Waals surface area contributed by atoms with Gasteiger partial charge in [-0.25, -0.2) is 4.79 Å². The monoisotopic (exact) mass is 168 g/mol. The molecule has 0 aromatic carbocycles. The van der Waals surface area contributed by atoms with E-state index in [4.69, 9.17) is 0 Å². The summed E-state index contributed by atoms with van der Waals surface area (Å²) in [6.45, 7) is 0. The fourth-order valence-electron chi connectivity index (χ4n) is 0.683. The highest BCUT2D eigenvalue weighted by Gasteiger charge is 2.09. The maximum atomic E-state index is 11.0. The Morgan fingerprint density at radius 1 is 1.58 bits per heavy atom. The van der Waals surface area contributed by atoms with Crippen molar-refractivity contribution in [2.75, 3.05) is 7.11 Å². The normalized spacial score (nSPS) is 9.08. The second kappa shape index (κ2) is 3.56. The first-order chi connectivity index (χ1) is 5.74. The van der Waals surface area contributed by atoms with Gasteiger partial charge in [0.1, 0.15) is 5.69 Å². The Morgan fingerprint density at radius 3 is 2.83 bits per heavy atom. The van der Waals surface area contributed by atoms with Crippen molar-refractivity contribution in [3.8, 4) is 0 Å². The molecule has 1 aromatic heterocycles. The van der Waals surface area contributed by atoms with Gasteiger partial charge in [0, 0.05) is 6.20 Å². The molecule has 0 aliphatic heterocycles. The van der Waals surface area contributed by atoms with E-state index in [1.54, 1.807) is 18.3 Å². The molecule has 0 aliphatic rings. The number of alkyl carbamates (subject to hydrolysis) is 1. The topological polar surface area (TPSA) is 71.2 Å². The van der Waals surface area contributed by atoms with Gasteiger partial charge in [0.15, 0.2) is 0 Å². The van der Waals surface area contributed by atoms with E-state index < -0.39 is 12.0 Å². The van der Waals surface area contributed by atoms with Crippen LogP contribution in [-0.4, -0.2) is 24.1 Å². The highest BCUT2D eigenvalue weighted by Crippen LogP contribution is 1.93. The summed E-state index contributed by atoms with van der Waals surface area (Å²) in [7, 11) is 1.19. The Hall–Kier alpha value is -1.78. The number of H-pyrrole nitrogens is 1. The summed E-state index contributed by atoms with van der Waals surface area (Å²) in [4.78, 5) is 24.2. The molecule has 0 radical (unpaired) electrons. The number of amides is 2. The molecule has 1 aromatic rings. The summed E-state index contributed by atoms with van der Waals surface area (Å²) in [5.74, 6) is -0.508. The molecule has 0 saturated heterocycles. The molecule has 0 aliphatic carbocycles. The molecule has 0 fully saturated rings. The number of aromatic amines is 1. The number of rotatable bonds is 1. The van der Waals surface area contributed by atoms with E-state index in [0.717, 1.165) is 0 Å². The summed E-state index contributed by atoms with van der Waals surface area (Å²) < 4.78 is 4.23. The molecular formula is C7H8N2O3. The zero-order valence-electron chi connectivity index (χ0n) is 6.46. The number of methoxy groups -OCH3 is 1. The van der Waals surface area contributed by atoms with Gasteiger partial charge >= 0.3 is 6.09 Å². The summed E-state index contributed by atoms with van der Waals surface area (Å²) in [5, 5.41) is 2.00. The largest absolute Gasteiger partial charge is 0.453 e. The zero-order chi connectivity index (χ0) is 8.97. The van der Waals surface area contributed by atoms with Gasteiger partial charge < -0.3 is 9.72 Å². The van der Waals surface area contributed by atoms with Crippen LogP contribution in [0.1, 0.15) is 10.5 Å². The molecule has 64 valence electrons. The van der Waals surface area contributed by atoms with Crippen LogP contribution in [-0.2, 0) is 4.74 Å². The summed E-state index contributed by atoms with van der Waals surface area (Å²) in [6, 6.07) is 3.21. The molecule has 0 bridgehead atoms. The zero-order valence-corrected chi connectivity index (χ0v) is 6.46. The average Bonchev–Trinajstić information content (AvgIpc) is 2.56. The number of imide groups is 1. The summed E-state index contributed by atoms with van der Waals surface area (Å²) in [5.41, 5.74) is 0.320. The Balaban J connectivity index is 2.56. The summed E-state index contributed by atoms with van der Waals surface area (Å²) >= 11 is 0. The van der Waals surface area contributed by atoms with Crippen LogP contribution in [0.2, 0.25) is 0 Å². The van der Waals surface area contributed by atoms with E-state index in [1.165, 1.54) is 7.11 Å². The third-order valence-electron chi connectivity index (χ3n) is 1.24. The van der Waals surface area contributed by atoms with Crippen molar-refractivity contribution in [2.24, 2.45) is 0 Å². The number of carbonyl (C=O) groups excluding carboxylic acids is 2. The van der Waals surface area contributed by atoms with Crippen LogP contribution in [0.3, 0.4) is 0 Å². The van der Waals surface area contributed by atoms with Crippen molar-refractivity contribution < 1.29 is 14.3 Å². The lowest BCUT2D eigenvalue weighted by atomic mass is 10.4. The smallest absolute Gasteiger partial charge is 0.413 e. The Kier molecular flexibility index (Phi) is 2.47. The highest BCUT2D eigenvalue weighted by molar-refractivity contribution is 6.01. The second-order valence-corrected chi connectivity index (χ2v) is 2.03. The number of carbonyl (C=O) groups is 2. The van der Waals surface area contributed by atoms with E-state index in [0.29, 0.717) is 5.69 Å². The van der Waals surface area contributed by atoms with Crippen molar-refractivity contribution >= 4 is 12.0 Å². The molecule has 0 spiro atoms. The van der Waals surface area contributed by atoms with Crippen LogP contribution >= 0.6 is 0 Å². The van der Waals surface area contributed by atoms with Gasteiger partial charge in [0.05, 0.1) is 7.11 Å². The van der Waals surface area contributed by atoms with Crippen molar-refractivity contribution in [1.82, 2.24) is 10.3 Å². The minimum Gasteiger partial charge on any atom is -0.453 e. The molecule has 5 nitrogen and oxygen atoms in total. The molecule has 0 unspecified atom stereocenters. The lowest BCUT2D eigenvalue weighted by Gasteiger charge is -1.98. The van der Waals surface area contributed by atoms with Crippen LogP contribution in [0.5, 0.6) is 0 Å². The van der Waals surface area contributed by atoms with Gasteiger partial charge in [-0.15, -0.1) is 0 Å². The van der Waals surface area contributed by atoms with Crippen molar-refractivity contribution in [2.45, 2.75) is 0 Å². The first-order valence-electron chi connectivity index (χ1n) is 3.26. The van der Waals surface area contributed by atoms with E-state index >= 15 is 0 Å². The van der Waals surface area contributed by atoms with Crippen LogP contribution in [0.25, 0.3) is 0 Å². The number of ether oxygens (including phenoxy) is 1. The first-order valence-corrected chi connectivity index (χ1v) is 3.26. The minimum atomic E-state index is -0.769. The quantitative estimate of drug-likeness (QED) is 0.641. The third-order valence-corrected chi connectivity index (χ3v) is 1.24. The van der Waals surface area contributed by atoms with Gasteiger partial charge in [0.25, 0.3) is 5.91 Å². The maximum absolute atomic E-state index is 11.0. The van der Waals surface area contributed by atoms with Gasteiger partial charge in [-0.2, -0.15) is 0 Å². The number of aromatic nitrogens is 1. The molecule has 1 rings (SSSR count). The fraction of sp³-hybridized carbons (Fsp3) is 0.143. The minimum absolute atomic E-state index is 0.320. The summed E-state index contributed by atoms with van der Waals surface area (Å²) in [6.07, 6.45) is 0.821. The Morgan fingerprint density at radius 2 is 2.33 bits per heavy atom. The lowest BCUT2D eigenvalue weighted by Crippen LogP contribution is -2.30. The molecule has 1 heterocycles. The molecule has 0 atom stereocenters. The predicted octanol–water partition coefficient (Wildman–Crippen LogP) is 0.511. The van der Waals surface area contributed by atoms with Crippen molar-refractivity contribution in [3.63, 3.8) is 0 Å². The van der Waals surface area contributed by atoms with Gasteiger partial charge in [-0.1, -0.05) is 0 Å². The molecule has 0 saturated carbocycles. The molecular weight excluding hydrogens is 160 g/mol. The van der Waals surface area contributed by atoms with Crippen molar-refractivity contribution in [1.29, 1.82) is 0 Å². The van der Waals surface area contributed by atoms with Gasteiger partial charge in [-0.05, 0) is 12.1 Å². The number of hydrogen-bond acceptors (Lipinski definition) is 3. The van der Waals surface area contributed by atoms with E-state index in [9.17, 15) is 9.59 Å². The molecule has 12 heavy (non-hydrogen) atoms. The van der Waals surface area contributed by atoms with Crippen LogP contribution in [0.15, 0.2) is 18.3 Å². The number of hydrogen-bond donors (Lipinski definition) is 2. The molecule has 2 amide bonds. The molecule has 5 heteroatoms. The van der Waals surface area contributed by atoms with Crippen LogP contribution < -0.4 is 5.32 Å². The fourth-order valence-corrected chi connectivity index (χ4v) is 0.683. The Bertz CT molecular complexity index is 279. The van der Waals surface area contributed by atoms with E-state index in [2.05, 4.69) is 9.72 Å². The first kappa shape index (κ1) is 8.32. The van der Waals surface area contributed by atoms with E-state index in [1.807, 2.05) is 5.32 Å². The highest BCUT2D eigenvalue weighted by atomic mass is 16.5. The van der Waals surface area contributed by atoms with Crippen LogP contribution in [0, 0.1) is 0 Å². The SMILES string of the molecule is COC(=O)NC(=O)c1ccc[nH]1. The average molecular weight is 168 g/mol. The predicted molar refractivity (Wildman–Crippen MR) is 40.7 cm³/mol. The van der Waals surface area contributed by atoms with Crippen molar-refractivity contribution in [3.05, 3.63) is 24.0 Å². The maximum Gasteiger partial charge on any atom is 0.413 e. The van der Waals surface area contributed by atoms with Crippen LogP contribution in [0.4, 0.5) is 4.79 Å². The van der Waals surface area contributed by atoms with Gasteiger partial charge in [0.2, 0.25) is 0 Å².